The average Bonchev–Trinajstić information content (AvgIpc) is 2.36. The normalized spacial score (nSPS) is 9.94. The first-order chi connectivity index (χ1) is 8.27. The summed E-state index contributed by atoms with van der Waals surface area (Å²) < 4.78 is 0. The number of hydrogen-bond donors (Lipinski definition) is 1. The zero-order valence-corrected chi connectivity index (χ0v) is 10.0. The third-order valence-corrected chi connectivity index (χ3v) is 2.50. The van der Waals surface area contributed by atoms with E-state index in [2.05, 4.69) is 6.58 Å². The van der Waals surface area contributed by atoms with Crippen LogP contribution in [0.15, 0.2) is 43.0 Å². The Balaban J connectivity index is 2.59. The van der Waals surface area contributed by atoms with Crippen molar-refractivity contribution in [3.05, 3.63) is 48.6 Å². The van der Waals surface area contributed by atoms with E-state index in [0.29, 0.717) is 25.9 Å². The number of nitrogens with zero attached hydrogens (tertiary/aromatic N) is 1. The van der Waals surface area contributed by atoms with Crippen LogP contribution in [0, 0.1) is 0 Å². The number of allylic oxidation sites excluding steroid dienone is 1. The number of hydrogen-bond acceptors (Lipinski definition) is 2. The number of carbonyl (C=O) groups excluding carboxylic acids is 1. The average molecular weight is 233 g/mol. The molecule has 0 saturated heterocycles. The fraction of sp³-hybridized carbons (Fsp3) is 0.357. The highest BCUT2D eigenvalue weighted by atomic mass is 16.3. The maximum atomic E-state index is 11.9. The lowest BCUT2D eigenvalue weighted by Crippen LogP contribution is -2.32. The van der Waals surface area contributed by atoms with E-state index in [9.17, 15) is 4.79 Å². The van der Waals surface area contributed by atoms with Crippen molar-refractivity contribution >= 4 is 5.91 Å². The van der Waals surface area contributed by atoms with Crippen LogP contribution in [0.4, 0.5) is 0 Å². The molecule has 0 atom stereocenters. The van der Waals surface area contributed by atoms with Gasteiger partial charge in [-0.05, 0) is 12.0 Å². The Morgan fingerprint density at radius 1 is 1.35 bits per heavy atom. The van der Waals surface area contributed by atoms with E-state index >= 15 is 0 Å². The molecule has 1 rings (SSSR count). The molecule has 92 valence electrons. The van der Waals surface area contributed by atoms with Gasteiger partial charge in [-0.3, -0.25) is 4.79 Å². The van der Waals surface area contributed by atoms with Crippen molar-refractivity contribution in [2.75, 3.05) is 13.2 Å². The van der Waals surface area contributed by atoms with Crippen molar-refractivity contribution in [3.8, 4) is 0 Å². The number of rotatable bonds is 7. The fourth-order valence-corrected chi connectivity index (χ4v) is 1.60. The minimum Gasteiger partial charge on any atom is -0.395 e. The van der Waals surface area contributed by atoms with Gasteiger partial charge in [-0.25, -0.2) is 0 Å². The molecule has 1 aromatic carbocycles. The van der Waals surface area contributed by atoms with Crippen LogP contribution in [0.2, 0.25) is 0 Å². The van der Waals surface area contributed by atoms with Crippen molar-refractivity contribution in [1.82, 2.24) is 4.90 Å². The minimum absolute atomic E-state index is 0.00728. The maximum absolute atomic E-state index is 11.9. The van der Waals surface area contributed by atoms with Gasteiger partial charge in [-0.2, -0.15) is 0 Å². The van der Waals surface area contributed by atoms with Gasteiger partial charge in [-0.15, -0.1) is 6.58 Å². The summed E-state index contributed by atoms with van der Waals surface area (Å²) in [6.07, 6.45) is 2.86. The molecule has 3 heteroatoms. The lowest BCUT2D eigenvalue weighted by atomic mass is 10.2. The number of carbonyl (C=O) groups is 1. The fourth-order valence-electron chi connectivity index (χ4n) is 1.60. The van der Waals surface area contributed by atoms with E-state index in [1.807, 2.05) is 30.3 Å². The molecule has 17 heavy (non-hydrogen) atoms. The van der Waals surface area contributed by atoms with Gasteiger partial charge < -0.3 is 10.0 Å². The Bertz CT molecular complexity index is 348. The maximum Gasteiger partial charge on any atom is 0.223 e. The molecule has 0 saturated carbocycles. The van der Waals surface area contributed by atoms with Crippen LogP contribution in [-0.2, 0) is 11.3 Å². The second kappa shape index (κ2) is 7.63. The van der Waals surface area contributed by atoms with Gasteiger partial charge in [0.2, 0.25) is 5.91 Å². The van der Waals surface area contributed by atoms with Gasteiger partial charge in [0, 0.05) is 19.5 Å². The highest BCUT2D eigenvalue weighted by Crippen LogP contribution is 2.07. The molecular formula is C14H19NO2. The third-order valence-electron chi connectivity index (χ3n) is 2.50. The van der Waals surface area contributed by atoms with Crippen LogP contribution in [0.1, 0.15) is 18.4 Å². The van der Waals surface area contributed by atoms with Crippen LogP contribution in [-0.4, -0.2) is 29.1 Å². The first-order valence-corrected chi connectivity index (χ1v) is 5.81. The van der Waals surface area contributed by atoms with Crippen LogP contribution in [0.25, 0.3) is 0 Å². The van der Waals surface area contributed by atoms with Gasteiger partial charge in [-0.1, -0.05) is 36.4 Å². The van der Waals surface area contributed by atoms with E-state index in [1.54, 1.807) is 11.0 Å². The molecule has 1 N–H and O–H groups in total. The number of amides is 1. The second-order valence-electron chi connectivity index (χ2n) is 3.85. The molecule has 0 radical (unpaired) electrons. The Hall–Kier alpha value is -1.61. The number of aliphatic hydroxyl groups excluding tert-OH is 1. The standard InChI is InChI=1S/C14H19NO2/c1-2-3-9-14(17)15(10-11-16)12-13-7-5-4-6-8-13/h2,4-8,16H,1,3,9-12H2. The summed E-state index contributed by atoms with van der Waals surface area (Å²) in [5.41, 5.74) is 1.08. The lowest BCUT2D eigenvalue weighted by molar-refractivity contribution is -0.132. The topological polar surface area (TPSA) is 40.5 Å². The van der Waals surface area contributed by atoms with E-state index in [1.165, 1.54) is 0 Å². The first kappa shape index (κ1) is 13.5. The van der Waals surface area contributed by atoms with E-state index in [-0.39, 0.29) is 12.5 Å². The second-order valence-corrected chi connectivity index (χ2v) is 3.85. The predicted molar refractivity (Wildman–Crippen MR) is 68.4 cm³/mol. The molecule has 1 amide bonds. The summed E-state index contributed by atoms with van der Waals surface area (Å²) in [4.78, 5) is 13.5. The number of aliphatic hydroxyl groups is 1. The van der Waals surface area contributed by atoms with Crippen LogP contribution in [0.3, 0.4) is 0 Å². The number of benzene rings is 1. The molecule has 3 nitrogen and oxygen atoms in total. The van der Waals surface area contributed by atoms with Gasteiger partial charge in [0.15, 0.2) is 0 Å². The quantitative estimate of drug-likeness (QED) is 0.731. The van der Waals surface area contributed by atoms with E-state index in [4.69, 9.17) is 5.11 Å². The molecule has 0 aliphatic heterocycles. The van der Waals surface area contributed by atoms with Crippen molar-refractivity contribution < 1.29 is 9.90 Å². The monoisotopic (exact) mass is 233 g/mol. The third kappa shape index (κ3) is 4.83. The summed E-state index contributed by atoms with van der Waals surface area (Å²) >= 11 is 0. The molecule has 0 heterocycles. The van der Waals surface area contributed by atoms with Crippen molar-refractivity contribution in [3.63, 3.8) is 0 Å². The van der Waals surface area contributed by atoms with E-state index < -0.39 is 0 Å². The lowest BCUT2D eigenvalue weighted by Gasteiger charge is -2.21. The highest BCUT2D eigenvalue weighted by Gasteiger charge is 2.12. The van der Waals surface area contributed by atoms with Crippen LogP contribution >= 0.6 is 0 Å². The Labute approximate surface area is 102 Å². The summed E-state index contributed by atoms with van der Waals surface area (Å²) in [5, 5.41) is 8.97. The highest BCUT2D eigenvalue weighted by molar-refractivity contribution is 5.76. The van der Waals surface area contributed by atoms with Gasteiger partial charge in [0.1, 0.15) is 0 Å². The van der Waals surface area contributed by atoms with Crippen molar-refractivity contribution in [2.24, 2.45) is 0 Å². The zero-order valence-electron chi connectivity index (χ0n) is 10.0. The molecule has 0 aliphatic carbocycles. The molecule has 0 unspecified atom stereocenters. The smallest absolute Gasteiger partial charge is 0.223 e. The van der Waals surface area contributed by atoms with Crippen LogP contribution in [0.5, 0.6) is 0 Å². The van der Waals surface area contributed by atoms with E-state index in [0.717, 1.165) is 5.56 Å². The molecule has 0 spiro atoms. The van der Waals surface area contributed by atoms with Gasteiger partial charge in [0.25, 0.3) is 0 Å². The SMILES string of the molecule is C=CCCC(=O)N(CCO)Cc1ccccc1. The summed E-state index contributed by atoms with van der Waals surface area (Å²) in [7, 11) is 0. The molecule has 1 aromatic rings. The minimum atomic E-state index is -0.00728. The molecule has 0 bridgehead atoms. The predicted octanol–water partition coefficient (Wildman–Crippen LogP) is 1.97. The largest absolute Gasteiger partial charge is 0.395 e. The Morgan fingerprint density at radius 2 is 2.06 bits per heavy atom. The Morgan fingerprint density at radius 3 is 2.65 bits per heavy atom. The van der Waals surface area contributed by atoms with Crippen molar-refractivity contribution in [2.45, 2.75) is 19.4 Å². The van der Waals surface area contributed by atoms with Crippen LogP contribution < -0.4 is 0 Å². The Kier molecular flexibility index (Phi) is 6.04. The molecule has 0 fully saturated rings. The first-order valence-electron chi connectivity index (χ1n) is 5.81. The zero-order chi connectivity index (χ0) is 12.5. The molecule has 0 aliphatic rings. The summed E-state index contributed by atoms with van der Waals surface area (Å²) in [5.74, 6) is 0.0582. The van der Waals surface area contributed by atoms with Crippen molar-refractivity contribution in [1.29, 1.82) is 0 Å². The molecular weight excluding hydrogens is 214 g/mol. The summed E-state index contributed by atoms with van der Waals surface area (Å²) in [6, 6.07) is 9.79. The van der Waals surface area contributed by atoms with Gasteiger partial charge in [0.05, 0.1) is 6.61 Å². The van der Waals surface area contributed by atoms with Gasteiger partial charge >= 0.3 is 0 Å². The molecule has 0 aromatic heterocycles. The summed E-state index contributed by atoms with van der Waals surface area (Å²) in [6.45, 7) is 4.53.